The molecule has 1 atom stereocenters. The first-order valence-corrected chi connectivity index (χ1v) is 6.72. The number of nitrogens with zero attached hydrogens (tertiary/aromatic N) is 3. The second kappa shape index (κ2) is 5.54. The topological polar surface area (TPSA) is 33.1 Å². The first-order chi connectivity index (χ1) is 8.20. The van der Waals surface area contributed by atoms with Gasteiger partial charge >= 0.3 is 0 Å². The third-order valence-corrected chi connectivity index (χ3v) is 3.28. The fourth-order valence-electron chi connectivity index (χ4n) is 2.39. The van der Waals surface area contributed by atoms with Crippen LogP contribution in [0.25, 0.3) is 0 Å². The van der Waals surface area contributed by atoms with Crippen molar-refractivity contribution in [1.82, 2.24) is 14.9 Å². The molecule has 4 heteroatoms. The van der Waals surface area contributed by atoms with E-state index in [0.29, 0.717) is 6.04 Å². The third-order valence-electron chi connectivity index (χ3n) is 3.28. The molecule has 0 bridgehead atoms. The van der Waals surface area contributed by atoms with Crippen LogP contribution >= 0.6 is 0 Å². The third kappa shape index (κ3) is 3.00. The van der Waals surface area contributed by atoms with Crippen LogP contribution in [0.1, 0.15) is 32.4 Å². The minimum atomic E-state index is 0.556. The van der Waals surface area contributed by atoms with Gasteiger partial charge in [-0.2, -0.15) is 0 Å². The predicted octanol–water partition coefficient (Wildman–Crippen LogP) is 1.79. The van der Waals surface area contributed by atoms with Gasteiger partial charge in [0.1, 0.15) is 0 Å². The average molecular weight is 236 g/mol. The molecule has 1 N–H and O–H groups in total. The van der Waals surface area contributed by atoms with Crippen molar-refractivity contribution in [3.8, 4) is 0 Å². The number of nitrogens with one attached hydrogen (secondary N) is 1. The van der Waals surface area contributed by atoms with Crippen LogP contribution in [0, 0.1) is 6.92 Å². The van der Waals surface area contributed by atoms with Gasteiger partial charge in [0, 0.05) is 38.4 Å². The Balaban J connectivity index is 2.12. The Bertz CT molecular complexity index is 358. The Morgan fingerprint density at radius 3 is 3.06 bits per heavy atom. The number of imidazole rings is 1. The van der Waals surface area contributed by atoms with Crippen LogP contribution in [0.4, 0.5) is 5.95 Å². The smallest absolute Gasteiger partial charge is 0.205 e. The van der Waals surface area contributed by atoms with Crippen molar-refractivity contribution in [2.45, 2.75) is 46.2 Å². The molecule has 0 aliphatic carbocycles. The molecule has 1 aliphatic heterocycles. The van der Waals surface area contributed by atoms with E-state index in [2.05, 4.69) is 46.7 Å². The lowest BCUT2D eigenvalue weighted by Crippen LogP contribution is -2.50. The summed E-state index contributed by atoms with van der Waals surface area (Å²) in [5, 5.41) is 3.47. The molecule has 0 saturated carbocycles. The summed E-state index contributed by atoms with van der Waals surface area (Å²) < 4.78 is 2.32. The molecule has 0 radical (unpaired) electrons. The summed E-state index contributed by atoms with van der Waals surface area (Å²) in [6, 6.07) is 0.556. The van der Waals surface area contributed by atoms with Gasteiger partial charge in [0.25, 0.3) is 0 Å². The van der Waals surface area contributed by atoms with E-state index in [4.69, 9.17) is 0 Å². The molecule has 1 aromatic rings. The summed E-state index contributed by atoms with van der Waals surface area (Å²) in [5.41, 5.74) is 1.13. The van der Waals surface area contributed by atoms with Gasteiger partial charge < -0.3 is 14.8 Å². The second-order valence-corrected chi connectivity index (χ2v) is 5.03. The standard InChI is InChI=1S/C13H24N4/c1-4-5-7-16-10-12(3)15-13(16)17-8-6-14-11(2)9-17/h10-11,14H,4-9H2,1-3H3/t11-/m1/s1. The highest BCUT2D eigenvalue weighted by Crippen LogP contribution is 2.17. The van der Waals surface area contributed by atoms with Crippen LogP contribution in [0.15, 0.2) is 6.20 Å². The minimum absolute atomic E-state index is 0.556. The maximum absolute atomic E-state index is 4.68. The first-order valence-electron chi connectivity index (χ1n) is 6.72. The maximum atomic E-state index is 4.68. The average Bonchev–Trinajstić information content (AvgIpc) is 2.68. The Labute approximate surface area is 104 Å². The second-order valence-electron chi connectivity index (χ2n) is 5.03. The molecule has 17 heavy (non-hydrogen) atoms. The number of hydrogen-bond donors (Lipinski definition) is 1. The Morgan fingerprint density at radius 2 is 2.35 bits per heavy atom. The van der Waals surface area contributed by atoms with Crippen LogP contribution in [-0.4, -0.2) is 35.2 Å². The first kappa shape index (κ1) is 12.4. The number of unbranched alkanes of at least 4 members (excludes halogenated alkanes) is 1. The lowest BCUT2D eigenvalue weighted by atomic mass is 10.2. The van der Waals surface area contributed by atoms with E-state index in [1.54, 1.807) is 0 Å². The van der Waals surface area contributed by atoms with Gasteiger partial charge in [0.15, 0.2) is 0 Å². The van der Waals surface area contributed by atoms with E-state index in [-0.39, 0.29) is 0 Å². The molecule has 1 aromatic heterocycles. The van der Waals surface area contributed by atoms with Crippen molar-refractivity contribution >= 4 is 5.95 Å². The van der Waals surface area contributed by atoms with Crippen molar-refractivity contribution < 1.29 is 0 Å². The molecule has 1 aliphatic rings. The molecule has 0 amide bonds. The lowest BCUT2D eigenvalue weighted by Gasteiger charge is -2.32. The van der Waals surface area contributed by atoms with E-state index < -0.39 is 0 Å². The zero-order chi connectivity index (χ0) is 12.3. The molecule has 1 saturated heterocycles. The number of aromatic nitrogens is 2. The molecule has 2 heterocycles. The number of piperazine rings is 1. The number of rotatable bonds is 4. The molecule has 1 fully saturated rings. The van der Waals surface area contributed by atoms with Crippen LogP contribution in [0.3, 0.4) is 0 Å². The van der Waals surface area contributed by atoms with E-state index in [0.717, 1.165) is 37.8 Å². The molecule has 0 aromatic carbocycles. The van der Waals surface area contributed by atoms with Gasteiger partial charge in [-0.3, -0.25) is 0 Å². The van der Waals surface area contributed by atoms with Crippen molar-refractivity contribution in [3.05, 3.63) is 11.9 Å². The molecule has 2 rings (SSSR count). The molecule has 4 nitrogen and oxygen atoms in total. The van der Waals surface area contributed by atoms with Gasteiger partial charge in [0.05, 0.1) is 5.69 Å². The normalized spacial score (nSPS) is 20.9. The lowest BCUT2D eigenvalue weighted by molar-refractivity contribution is 0.472. The van der Waals surface area contributed by atoms with Crippen LogP contribution in [0.2, 0.25) is 0 Å². The quantitative estimate of drug-likeness (QED) is 0.865. The number of hydrogen-bond acceptors (Lipinski definition) is 3. The Hall–Kier alpha value is -1.03. The Morgan fingerprint density at radius 1 is 1.53 bits per heavy atom. The van der Waals surface area contributed by atoms with Crippen molar-refractivity contribution in [3.63, 3.8) is 0 Å². The van der Waals surface area contributed by atoms with E-state index >= 15 is 0 Å². The van der Waals surface area contributed by atoms with E-state index in [1.165, 1.54) is 12.8 Å². The van der Waals surface area contributed by atoms with E-state index in [1.807, 2.05) is 0 Å². The molecular weight excluding hydrogens is 212 g/mol. The molecule has 0 unspecified atom stereocenters. The Kier molecular flexibility index (Phi) is 4.05. The number of aryl methyl sites for hydroxylation is 2. The van der Waals surface area contributed by atoms with Crippen LogP contribution in [0.5, 0.6) is 0 Å². The maximum Gasteiger partial charge on any atom is 0.205 e. The highest BCUT2D eigenvalue weighted by atomic mass is 15.3. The molecular formula is C13H24N4. The van der Waals surface area contributed by atoms with Crippen LogP contribution < -0.4 is 10.2 Å². The summed E-state index contributed by atoms with van der Waals surface area (Å²) in [6.45, 7) is 10.8. The summed E-state index contributed by atoms with van der Waals surface area (Å²) in [4.78, 5) is 7.09. The van der Waals surface area contributed by atoms with Gasteiger partial charge in [-0.1, -0.05) is 13.3 Å². The van der Waals surface area contributed by atoms with Crippen molar-refractivity contribution in [2.75, 3.05) is 24.5 Å². The fourth-order valence-corrected chi connectivity index (χ4v) is 2.39. The van der Waals surface area contributed by atoms with Gasteiger partial charge in [-0.25, -0.2) is 4.98 Å². The molecule has 0 spiro atoms. The van der Waals surface area contributed by atoms with Crippen LogP contribution in [-0.2, 0) is 6.54 Å². The fraction of sp³-hybridized carbons (Fsp3) is 0.769. The monoisotopic (exact) mass is 236 g/mol. The number of anilines is 1. The van der Waals surface area contributed by atoms with Crippen molar-refractivity contribution in [2.24, 2.45) is 0 Å². The summed E-state index contributed by atoms with van der Waals surface area (Å²) in [7, 11) is 0. The zero-order valence-corrected chi connectivity index (χ0v) is 11.2. The largest absolute Gasteiger partial charge is 0.339 e. The zero-order valence-electron chi connectivity index (χ0n) is 11.2. The van der Waals surface area contributed by atoms with E-state index in [9.17, 15) is 0 Å². The van der Waals surface area contributed by atoms with Gasteiger partial charge in [0.2, 0.25) is 5.95 Å². The summed E-state index contributed by atoms with van der Waals surface area (Å²) >= 11 is 0. The van der Waals surface area contributed by atoms with Gasteiger partial charge in [-0.05, 0) is 20.3 Å². The minimum Gasteiger partial charge on any atom is -0.339 e. The summed E-state index contributed by atoms with van der Waals surface area (Å²) in [5.74, 6) is 1.16. The predicted molar refractivity (Wildman–Crippen MR) is 71.5 cm³/mol. The summed E-state index contributed by atoms with van der Waals surface area (Å²) in [6.07, 6.45) is 4.64. The highest BCUT2D eigenvalue weighted by molar-refractivity contribution is 5.34. The van der Waals surface area contributed by atoms with Crippen molar-refractivity contribution in [1.29, 1.82) is 0 Å². The SMILES string of the molecule is CCCCn1cc(C)nc1N1CCN[C@H](C)C1. The molecule has 96 valence electrons. The highest BCUT2D eigenvalue weighted by Gasteiger charge is 2.20. The van der Waals surface area contributed by atoms with Gasteiger partial charge in [-0.15, -0.1) is 0 Å².